The highest BCUT2D eigenvalue weighted by molar-refractivity contribution is 8.13. The van der Waals surface area contributed by atoms with Crippen LogP contribution in [0, 0.1) is 17.3 Å². The van der Waals surface area contributed by atoms with Crippen LogP contribution in [0.5, 0.6) is 0 Å². The Morgan fingerprint density at radius 2 is 1.68 bits per heavy atom. The molecular weight excluding hydrogens is 533 g/mol. The summed E-state index contributed by atoms with van der Waals surface area (Å²) in [5, 5.41) is 3.43. The van der Waals surface area contributed by atoms with Gasteiger partial charge in [-0.25, -0.2) is 4.79 Å². The standard InChI is InChI=1S/C27H56N4O4SSi2/c1-22(32)36-19-18-31(13-12-23-10-8-7-9-11-23)26(33)28-20-24(21-30-16-14-29(4)15-17-30)27(2,3)25(34-37-5)35-38-6/h23-25H,7-21,37-38H2,1-6H3,(H,28,33)/t24-/m0/s1. The molecule has 0 unspecified atom stereocenters. The van der Waals surface area contributed by atoms with E-state index in [4.69, 9.17) is 8.85 Å². The van der Waals surface area contributed by atoms with Crippen LogP contribution in [0.15, 0.2) is 0 Å². The SMILES string of the molecule is C[SiH2]OC(O[SiH2]C)C(C)(C)[C@@H](CNC(=O)N(CCSC(C)=O)CCC1CCCCC1)CN1CCN(C)CC1. The van der Waals surface area contributed by atoms with E-state index in [1.54, 1.807) is 6.92 Å². The van der Waals surface area contributed by atoms with Gasteiger partial charge >= 0.3 is 6.03 Å². The van der Waals surface area contributed by atoms with Crippen LogP contribution < -0.4 is 5.32 Å². The van der Waals surface area contributed by atoms with Gasteiger partial charge in [0.1, 0.15) is 6.29 Å². The van der Waals surface area contributed by atoms with Gasteiger partial charge in [-0.1, -0.05) is 70.8 Å². The van der Waals surface area contributed by atoms with Gasteiger partial charge in [-0.15, -0.1) is 0 Å². The average molecular weight is 589 g/mol. The van der Waals surface area contributed by atoms with Crippen molar-refractivity contribution in [3.8, 4) is 0 Å². The molecule has 1 heterocycles. The lowest BCUT2D eigenvalue weighted by Crippen LogP contribution is -2.54. The van der Waals surface area contributed by atoms with Crippen molar-refractivity contribution in [1.82, 2.24) is 20.0 Å². The molecule has 0 aromatic heterocycles. The van der Waals surface area contributed by atoms with E-state index in [0.29, 0.717) is 18.8 Å². The maximum absolute atomic E-state index is 13.5. The molecule has 222 valence electrons. The number of likely N-dealkylation sites (N-methyl/N-ethyl adjacent to an activating group) is 1. The number of nitrogens with one attached hydrogen (secondary N) is 1. The molecule has 1 saturated heterocycles. The molecule has 2 rings (SSSR count). The Morgan fingerprint density at radius 3 is 2.26 bits per heavy atom. The third-order valence-corrected chi connectivity index (χ3v) is 10.4. The van der Waals surface area contributed by atoms with Crippen molar-refractivity contribution in [3.63, 3.8) is 0 Å². The van der Waals surface area contributed by atoms with Crippen LogP contribution in [0.1, 0.15) is 59.3 Å². The number of amides is 2. The Hall–Kier alpha value is -0.436. The quantitative estimate of drug-likeness (QED) is 0.220. The van der Waals surface area contributed by atoms with E-state index < -0.39 is 19.5 Å². The first-order chi connectivity index (χ1) is 18.2. The Balaban J connectivity index is 2.08. The van der Waals surface area contributed by atoms with Crippen LogP contribution in [0.4, 0.5) is 4.79 Å². The molecule has 1 N–H and O–H groups in total. The topological polar surface area (TPSA) is 74.3 Å². The minimum absolute atomic E-state index is 0.00254. The second-order valence-corrected chi connectivity index (χ2v) is 14.8. The van der Waals surface area contributed by atoms with E-state index in [1.165, 1.54) is 43.9 Å². The number of thioether (sulfide) groups is 1. The van der Waals surface area contributed by atoms with Crippen molar-refractivity contribution in [1.29, 1.82) is 0 Å². The number of carbonyl (C=O) groups excluding carboxylic acids is 2. The first-order valence-electron chi connectivity index (χ1n) is 15.0. The van der Waals surface area contributed by atoms with Crippen molar-refractivity contribution < 1.29 is 18.4 Å². The molecule has 8 nitrogen and oxygen atoms in total. The zero-order chi connectivity index (χ0) is 28.0. The molecule has 0 bridgehead atoms. The first-order valence-corrected chi connectivity index (χ1v) is 19.9. The van der Waals surface area contributed by atoms with Crippen LogP contribution in [-0.4, -0.2) is 117 Å². The van der Waals surface area contributed by atoms with Gasteiger partial charge in [-0.3, -0.25) is 4.79 Å². The van der Waals surface area contributed by atoms with Crippen molar-refractivity contribution in [2.75, 3.05) is 65.2 Å². The molecule has 0 aromatic rings. The van der Waals surface area contributed by atoms with Crippen LogP contribution in [-0.2, 0) is 13.6 Å². The highest BCUT2D eigenvalue weighted by Gasteiger charge is 2.39. The van der Waals surface area contributed by atoms with E-state index in [9.17, 15) is 9.59 Å². The molecule has 1 aliphatic heterocycles. The van der Waals surface area contributed by atoms with Gasteiger partial charge in [-0.05, 0) is 25.3 Å². The molecule has 38 heavy (non-hydrogen) atoms. The fraction of sp³-hybridized carbons (Fsp3) is 0.926. The second kappa shape index (κ2) is 18.1. The van der Waals surface area contributed by atoms with Gasteiger partial charge in [0.05, 0.1) is 0 Å². The highest BCUT2D eigenvalue weighted by Crippen LogP contribution is 2.34. The molecule has 1 aliphatic carbocycles. The molecular formula is C27H56N4O4SSi2. The summed E-state index contributed by atoms with van der Waals surface area (Å²) in [5.74, 6) is 1.57. The summed E-state index contributed by atoms with van der Waals surface area (Å²) in [4.78, 5) is 31.9. The third kappa shape index (κ3) is 12.0. The van der Waals surface area contributed by atoms with Crippen molar-refractivity contribution >= 4 is 42.4 Å². The molecule has 0 aromatic carbocycles. The number of hydrogen-bond donors (Lipinski definition) is 1. The van der Waals surface area contributed by atoms with Crippen LogP contribution in [0.3, 0.4) is 0 Å². The first kappa shape index (κ1) is 33.8. The number of hydrogen-bond acceptors (Lipinski definition) is 7. The molecule has 1 atom stereocenters. The average Bonchev–Trinajstić information content (AvgIpc) is 2.89. The minimum atomic E-state index is -0.628. The lowest BCUT2D eigenvalue weighted by molar-refractivity contribution is -0.109. The Bertz CT molecular complexity index is 686. The van der Waals surface area contributed by atoms with Crippen molar-refractivity contribution in [2.24, 2.45) is 17.3 Å². The lowest BCUT2D eigenvalue weighted by atomic mass is 9.77. The third-order valence-electron chi connectivity index (χ3n) is 8.36. The summed E-state index contributed by atoms with van der Waals surface area (Å²) < 4.78 is 12.5. The molecule has 1 saturated carbocycles. The van der Waals surface area contributed by atoms with Crippen LogP contribution >= 0.6 is 11.8 Å². The predicted molar refractivity (Wildman–Crippen MR) is 165 cm³/mol. The smallest absolute Gasteiger partial charge is 0.317 e. The van der Waals surface area contributed by atoms with Gasteiger partial charge < -0.3 is 28.9 Å². The molecule has 2 aliphatic rings. The molecule has 0 spiro atoms. The summed E-state index contributed by atoms with van der Waals surface area (Å²) in [6.07, 6.45) is 7.37. The number of rotatable bonds is 16. The number of nitrogens with zero attached hydrogens (tertiary/aromatic N) is 3. The molecule has 11 heteroatoms. The number of piperazine rings is 1. The number of urea groups is 1. The van der Waals surface area contributed by atoms with Crippen LogP contribution in [0.2, 0.25) is 13.1 Å². The van der Waals surface area contributed by atoms with Crippen LogP contribution in [0.25, 0.3) is 0 Å². The van der Waals surface area contributed by atoms with Gasteiger partial charge in [0.25, 0.3) is 0 Å². The van der Waals surface area contributed by atoms with E-state index in [0.717, 1.165) is 51.6 Å². The monoisotopic (exact) mass is 588 g/mol. The van der Waals surface area contributed by atoms with E-state index in [1.807, 2.05) is 4.90 Å². The Morgan fingerprint density at radius 1 is 1.05 bits per heavy atom. The van der Waals surface area contributed by atoms with Gasteiger partial charge in [0, 0.05) is 70.4 Å². The predicted octanol–water partition coefficient (Wildman–Crippen LogP) is 2.76. The largest absolute Gasteiger partial charge is 0.400 e. The summed E-state index contributed by atoms with van der Waals surface area (Å²) in [5.41, 5.74) is -0.222. The summed E-state index contributed by atoms with van der Waals surface area (Å²) in [7, 11) is 0.926. The molecule has 2 amide bonds. The second-order valence-electron chi connectivity index (χ2n) is 11.7. The Labute approximate surface area is 241 Å². The molecule has 2 fully saturated rings. The summed E-state index contributed by atoms with van der Waals surface area (Å²) in [6.45, 7) is 17.5. The minimum Gasteiger partial charge on any atom is -0.400 e. The zero-order valence-corrected chi connectivity index (χ0v) is 28.8. The van der Waals surface area contributed by atoms with E-state index in [-0.39, 0.29) is 28.8 Å². The maximum atomic E-state index is 13.5. The zero-order valence-electron chi connectivity index (χ0n) is 25.1. The number of carbonyl (C=O) groups is 2. The maximum Gasteiger partial charge on any atom is 0.317 e. The fourth-order valence-electron chi connectivity index (χ4n) is 5.63. The van der Waals surface area contributed by atoms with Gasteiger partial charge in [0.2, 0.25) is 0 Å². The fourth-order valence-corrected chi connectivity index (χ4v) is 8.08. The Kier molecular flexibility index (Phi) is 16.1. The van der Waals surface area contributed by atoms with Gasteiger partial charge in [-0.2, -0.15) is 0 Å². The van der Waals surface area contributed by atoms with E-state index >= 15 is 0 Å². The summed E-state index contributed by atoms with van der Waals surface area (Å²) >= 11 is 1.31. The van der Waals surface area contributed by atoms with Crippen molar-refractivity contribution in [3.05, 3.63) is 0 Å². The van der Waals surface area contributed by atoms with E-state index in [2.05, 4.69) is 49.1 Å². The molecule has 0 radical (unpaired) electrons. The highest BCUT2D eigenvalue weighted by atomic mass is 32.2. The summed E-state index contributed by atoms with van der Waals surface area (Å²) in [6, 6.07) is -0.00254. The van der Waals surface area contributed by atoms with Crippen molar-refractivity contribution in [2.45, 2.75) is 78.7 Å². The lowest BCUT2D eigenvalue weighted by Gasteiger charge is -2.44. The normalized spacial score (nSPS) is 20.4. The van der Waals surface area contributed by atoms with Gasteiger partial charge in [0.15, 0.2) is 24.6 Å².